The molecule has 0 aromatic rings. The molecule has 1 rings (SSSR count). The molecule has 0 aromatic heterocycles. The van der Waals surface area contributed by atoms with Gasteiger partial charge in [0, 0.05) is 0 Å². The molecule has 0 spiro atoms. The highest BCUT2D eigenvalue weighted by Gasteiger charge is 2.23. The second-order valence-electron chi connectivity index (χ2n) is 3.31. The maximum absolute atomic E-state index is 10.3. The van der Waals surface area contributed by atoms with E-state index in [4.69, 9.17) is 15.6 Å². The number of nitrogens with two attached hydrogens (primary N) is 1. The summed E-state index contributed by atoms with van der Waals surface area (Å²) in [6, 6.07) is -0.188. The average Bonchev–Trinajstić information content (AvgIpc) is 2.16. The molecule has 2 atom stereocenters. The lowest BCUT2D eigenvalue weighted by molar-refractivity contribution is -0.0334. The first-order chi connectivity index (χ1) is 7.08. The number of amides is 2. The molecule has 7 nitrogen and oxygen atoms in total. The molecular weight excluding hydrogens is 204 g/mol. The molecule has 1 heterocycles. The van der Waals surface area contributed by atoms with Crippen molar-refractivity contribution in [2.75, 3.05) is 13.2 Å². The van der Waals surface area contributed by atoms with E-state index in [0.717, 1.165) is 0 Å². The van der Waals surface area contributed by atoms with Gasteiger partial charge in [-0.25, -0.2) is 9.59 Å². The summed E-state index contributed by atoms with van der Waals surface area (Å²) in [6.07, 6.45) is -0.777. The highest BCUT2D eigenvalue weighted by molar-refractivity contribution is 5.65. The lowest BCUT2D eigenvalue weighted by Crippen LogP contribution is -2.43. The second kappa shape index (κ2) is 5.40. The summed E-state index contributed by atoms with van der Waals surface area (Å²) in [6.45, 7) is 0.411. The molecule has 0 radical (unpaired) electrons. The summed E-state index contributed by atoms with van der Waals surface area (Å²) in [4.78, 5) is 20.6. The zero-order valence-corrected chi connectivity index (χ0v) is 8.14. The van der Waals surface area contributed by atoms with Gasteiger partial charge in [0.15, 0.2) is 0 Å². The summed E-state index contributed by atoms with van der Waals surface area (Å²) in [5.74, 6) is 0. The first kappa shape index (κ1) is 11.6. The van der Waals surface area contributed by atoms with E-state index < -0.39 is 12.2 Å². The summed E-state index contributed by atoms with van der Waals surface area (Å²) in [7, 11) is 0. The number of carbonyl (C=O) groups is 2. The molecule has 2 amide bonds. The smallest absolute Gasteiger partial charge is 0.404 e. The van der Waals surface area contributed by atoms with Crippen molar-refractivity contribution >= 4 is 12.2 Å². The molecule has 1 aliphatic rings. The summed E-state index contributed by atoms with van der Waals surface area (Å²) >= 11 is 0. The number of rotatable bonds is 3. The van der Waals surface area contributed by atoms with Crippen LogP contribution in [-0.2, 0) is 9.47 Å². The van der Waals surface area contributed by atoms with Gasteiger partial charge in [-0.05, 0) is 12.8 Å². The van der Waals surface area contributed by atoms with Crippen LogP contribution in [0.25, 0.3) is 0 Å². The fourth-order valence-electron chi connectivity index (χ4n) is 1.40. The number of carboxylic acid groups (broad SMARTS) is 1. The molecular formula is C8H14N2O5. The molecule has 1 fully saturated rings. The molecule has 86 valence electrons. The van der Waals surface area contributed by atoms with Crippen molar-refractivity contribution in [3.8, 4) is 0 Å². The highest BCUT2D eigenvalue weighted by atomic mass is 16.6. The molecule has 0 aliphatic carbocycles. The molecule has 4 N–H and O–H groups in total. The van der Waals surface area contributed by atoms with Crippen LogP contribution in [0.15, 0.2) is 0 Å². The van der Waals surface area contributed by atoms with Crippen LogP contribution in [0.5, 0.6) is 0 Å². The van der Waals surface area contributed by atoms with Crippen LogP contribution in [0.4, 0.5) is 9.59 Å². The first-order valence-corrected chi connectivity index (χ1v) is 4.61. The van der Waals surface area contributed by atoms with E-state index in [1.807, 2.05) is 0 Å². The minimum atomic E-state index is -1.06. The van der Waals surface area contributed by atoms with Gasteiger partial charge < -0.3 is 25.6 Å². The van der Waals surface area contributed by atoms with Crippen molar-refractivity contribution in [3.63, 3.8) is 0 Å². The van der Waals surface area contributed by atoms with Gasteiger partial charge in [-0.1, -0.05) is 0 Å². The molecule has 7 heteroatoms. The molecule has 0 saturated carbocycles. The SMILES string of the molecule is NC(=O)OC[C@@H]1CC[C@@H](NC(=O)O)CO1. The number of carbonyl (C=O) groups excluding carboxylic acids is 1. The number of nitrogens with one attached hydrogen (secondary N) is 1. The Kier molecular flexibility index (Phi) is 4.17. The van der Waals surface area contributed by atoms with Crippen molar-refractivity contribution in [2.45, 2.75) is 25.0 Å². The highest BCUT2D eigenvalue weighted by Crippen LogP contribution is 2.13. The minimum Gasteiger partial charge on any atom is -0.465 e. The van der Waals surface area contributed by atoms with Crippen molar-refractivity contribution in [1.29, 1.82) is 0 Å². The zero-order valence-electron chi connectivity index (χ0n) is 8.14. The van der Waals surface area contributed by atoms with E-state index in [1.54, 1.807) is 0 Å². The van der Waals surface area contributed by atoms with Crippen LogP contribution in [0, 0.1) is 0 Å². The van der Waals surface area contributed by atoms with Crippen molar-refractivity contribution < 1.29 is 24.2 Å². The topological polar surface area (TPSA) is 111 Å². The van der Waals surface area contributed by atoms with Gasteiger partial charge in [0.1, 0.15) is 6.61 Å². The van der Waals surface area contributed by atoms with Crippen LogP contribution in [0.3, 0.4) is 0 Å². The fraction of sp³-hybridized carbons (Fsp3) is 0.750. The first-order valence-electron chi connectivity index (χ1n) is 4.61. The van der Waals surface area contributed by atoms with Crippen molar-refractivity contribution in [2.24, 2.45) is 5.73 Å². The van der Waals surface area contributed by atoms with Gasteiger partial charge in [0.05, 0.1) is 18.8 Å². The Balaban J connectivity index is 2.18. The second-order valence-corrected chi connectivity index (χ2v) is 3.31. The molecule has 0 bridgehead atoms. The van der Waals surface area contributed by atoms with Crippen LogP contribution in [0.1, 0.15) is 12.8 Å². The summed E-state index contributed by atoms with van der Waals surface area (Å²) in [5.41, 5.74) is 4.80. The lowest BCUT2D eigenvalue weighted by atomic mass is 10.1. The van der Waals surface area contributed by atoms with Gasteiger partial charge in [-0.3, -0.25) is 0 Å². The predicted molar refractivity (Wildman–Crippen MR) is 49.5 cm³/mol. The maximum atomic E-state index is 10.3. The van der Waals surface area contributed by atoms with Gasteiger partial charge in [-0.15, -0.1) is 0 Å². The normalized spacial score (nSPS) is 25.6. The number of hydrogen-bond donors (Lipinski definition) is 3. The Morgan fingerprint density at radius 1 is 1.53 bits per heavy atom. The van der Waals surface area contributed by atoms with E-state index in [1.165, 1.54) is 0 Å². The third kappa shape index (κ3) is 4.50. The Bertz CT molecular complexity index is 237. The fourth-order valence-corrected chi connectivity index (χ4v) is 1.40. The Morgan fingerprint density at radius 2 is 2.27 bits per heavy atom. The zero-order chi connectivity index (χ0) is 11.3. The van der Waals surface area contributed by atoms with E-state index in [2.05, 4.69) is 10.1 Å². The monoisotopic (exact) mass is 218 g/mol. The van der Waals surface area contributed by atoms with E-state index in [9.17, 15) is 9.59 Å². The number of primary amides is 1. The summed E-state index contributed by atoms with van der Waals surface area (Å²) in [5, 5.41) is 10.8. The Hall–Kier alpha value is -1.50. The van der Waals surface area contributed by atoms with E-state index in [-0.39, 0.29) is 18.8 Å². The molecule has 15 heavy (non-hydrogen) atoms. The molecule has 0 unspecified atom stereocenters. The quantitative estimate of drug-likeness (QED) is 0.612. The van der Waals surface area contributed by atoms with Gasteiger partial charge in [0.2, 0.25) is 0 Å². The molecule has 1 saturated heterocycles. The van der Waals surface area contributed by atoms with Gasteiger partial charge in [-0.2, -0.15) is 0 Å². The Morgan fingerprint density at radius 3 is 2.73 bits per heavy atom. The third-order valence-corrected chi connectivity index (χ3v) is 2.11. The van der Waals surface area contributed by atoms with E-state index in [0.29, 0.717) is 19.4 Å². The minimum absolute atomic E-state index is 0.120. The predicted octanol–water partition coefficient (Wildman–Crippen LogP) is -0.103. The van der Waals surface area contributed by atoms with Crippen LogP contribution in [0.2, 0.25) is 0 Å². The largest absolute Gasteiger partial charge is 0.465 e. The number of ether oxygens (including phenoxy) is 2. The number of hydrogen-bond acceptors (Lipinski definition) is 4. The van der Waals surface area contributed by atoms with Crippen LogP contribution < -0.4 is 11.1 Å². The van der Waals surface area contributed by atoms with Gasteiger partial charge >= 0.3 is 12.2 Å². The third-order valence-electron chi connectivity index (χ3n) is 2.11. The lowest BCUT2D eigenvalue weighted by Gasteiger charge is -2.28. The van der Waals surface area contributed by atoms with E-state index >= 15 is 0 Å². The molecule has 1 aliphatic heterocycles. The van der Waals surface area contributed by atoms with Crippen LogP contribution in [-0.4, -0.2) is 42.7 Å². The van der Waals surface area contributed by atoms with Crippen LogP contribution >= 0.6 is 0 Å². The van der Waals surface area contributed by atoms with Gasteiger partial charge in [0.25, 0.3) is 0 Å². The Labute approximate surface area is 86.5 Å². The maximum Gasteiger partial charge on any atom is 0.404 e. The van der Waals surface area contributed by atoms with Crippen molar-refractivity contribution in [1.82, 2.24) is 5.32 Å². The van der Waals surface area contributed by atoms with Crippen molar-refractivity contribution in [3.05, 3.63) is 0 Å². The average molecular weight is 218 g/mol. The summed E-state index contributed by atoms with van der Waals surface area (Å²) < 4.78 is 9.86. The molecule has 0 aromatic carbocycles. The standard InChI is InChI=1S/C8H14N2O5/c9-7(11)15-4-6-2-1-5(3-14-6)10-8(12)13/h5-6,10H,1-4H2,(H2,9,11)(H,12,13)/t5-,6+/m1/s1.